The zero-order valence-electron chi connectivity index (χ0n) is 18.3. The van der Waals surface area contributed by atoms with E-state index in [-0.39, 0.29) is 0 Å². The molecule has 0 spiro atoms. The van der Waals surface area contributed by atoms with Crippen LogP contribution in [0.2, 0.25) is 0 Å². The van der Waals surface area contributed by atoms with Crippen LogP contribution in [0.25, 0.3) is 0 Å². The maximum atomic E-state index is 12.4. The number of nitrogens with zero attached hydrogens (tertiary/aromatic N) is 2. The molecule has 0 fully saturated rings. The number of sulfonamides is 1. The van der Waals surface area contributed by atoms with E-state index in [1.165, 1.54) is 6.21 Å². The normalized spacial score (nSPS) is 11.2. The van der Waals surface area contributed by atoms with Crippen molar-refractivity contribution in [2.45, 2.75) is 6.92 Å². The molecule has 3 aromatic carbocycles. The monoisotopic (exact) mass is 467 g/mol. The minimum absolute atomic E-state index is 0.353. The van der Waals surface area contributed by atoms with E-state index in [2.05, 4.69) is 10.5 Å². The Hall–Kier alpha value is -3.85. The molecule has 0 aliphatic rings. The Morgan fingerprint density at radius 3 is 2.33 bits per heavy atom. The molecule has 3 aromatic rings. The number of nitrogens with one attached hydrogen (secondary N) is 1. The first-order valence-corrected chi connectivity index (χ1v) is 12.1. The van der Waals surface area contributed by atoms with Gasteiger partial charge in [-0.15, -0.1) is 0 Å². The van der Waals surface area contributed by atoms with Gasteiger partial charge in [0.25, 0.3) is 5.91 Å². The standard InChI is InChI=1S/C24H25N3O5S/c1-3-31-21-14-12-20(13-15-21)27(33(2,29)30)18-24(28)26-25-17-19-8-7-11-23(16-19)32-22-9-5-4-6-10-22/h4-17H,3,18H2,1-2H3,(H,26,28)/b25-17-. The molecule has 9 heteroatoms. The molecule has 0 atom stereocenters. The Bertz CT molecular complexity index is 1200. The highest BCUT2D eigenvalue weighted by Gasteiger charge is 2.20. The zero-order chi connectivity index (χ0) is 23.7. The van der Waals surface area contributed by atoms with Crippen LogP contribution in [0, 0.1) is 0 Å². The van der Waals surface area contributed by atoms with Crippen LogP contribution in [0.15, 0.2) is 84.0 Å². The van der Waals surface area contributed by atoms with E-state index in [0.717, 1.165) is 10.6 Å². The first kappa shape index (κ1) is 23.8. The maximum absolute atomic E-state index is 12.4. The molecule has 0 saturated carbocycles. The number of carbonyl (C=O) groups excluding carboxylic acids is 1. The van der Waals surface area contributed by atoms with E-state index in [4.69, 9.17) is 9.47 Å². The predicted molar refractivity (Wildman–Crippen MR) is 128 cm³/mol. The summed E-state index contributed by atoms with van der Waals surface area (Å²) in [5.41, 5.74) is 3.42. The summed E-state index contributed by atoms with van der Waals surface area (Å²) in [4.78, 5) is 12.4. The molecule has 1 amide bonds. The van der Waals surface area contributed by atoms with Crippen molar-refractivity contribution < 1.29 is 22.7 Å². The quantitative estimate of drug-likeness (QED) is 0.361. The van der Waals surface area contributed by atoms with Crippen LogP contribution in [0.5, 0.6) is 17.2 Å². The van der Waals surface area contributed by atoms with E-state index in [9.17, 15) is 13.2 Å². The minimum Gasteiger partial charge on any atom is -0.494 e. The molecule has 8 nitrogen and oxygen atoms in total. The molecule has 0 unspecified atom stereocenters. The fourth-order valence-corrected chi connectivity index (χ4v) is 3.76. The molecule has 0 aliphatic carbocycles. The van der Waals surface area contributed by atoms with Gasteiger partial charge in [-0.25, -0.2) is 13.8 Å². The Morgan fingerprint density at radius 1 is 0.970 bits per heavy atom. The second kappa shape index (κ2) is 11.1. The summed E-state index contributed by atoms with van der Waals surface area (Å²) in [7, 11) is -3.69. The highest BCUT2D eigenvalue weighted by molar-refractivity contribution is 7.92. The lowest BCUT2D eigenvalue weighted by atomic mass is 10.2. The van der Waals surface area contributed by atoms with Crippen molar-refractivity contribution >= 4 is 27.8 Å². The lowest BCUT2D eigenvalue weighted by molar-refractivity contribution is -0.119. The molecule has 3 rings (SSSR count). The number of para-hydroxylation sites is 1. The maximum Gasteiger partial charge on any atom is 0.260 e. The highest BCUT2D eigenvalue weighted by Crippen LogP contribution is 2.22. The van der Waals surface area contributed by atoms with Crippen LogP contribution in [-0.2, 0) is 14.8 Å². The summed E-state index contributed by atoms with van der Waals surface area (Å²) in [5, 5.41) is 3.94. The van der Waals surface area contributed by atoms with Gasteiger partial charge in [0, 0.05) is 0 Å². The highest BCUT2D eigenvalue weighted by atomic mass is 32.2. The molecule has 0 aromatic heterocycles. The van der Waals surface area contributed by atoms with Gasteiger partial charge in [-0.3, -0.25) is 9.10 Å². The number of carbonyl (C=O) groups is 1. The van der Waals surface area contributed by atoms with Crippen molar-refractivity contribution in [3.05, 3.63) is 84.4 Å². The summed E-state index contributed by atoms with van der Waals surface area (Å²) >= 11 is 0. The van der Waals surface area contributed by atoms with Gasteiger partial charge in [-0.2, -0.15) is 5.10 Å². The molecule has 33 heavy (non-hydrogen) atoms. The Kier molecular flexibility index (Phi) is 8.04. The van der Waals surface area contributed by atoms with Crippen molar-refractivity contribution in [1.82, 2.24) is 5.43 Å². The fourth-order valence-electron chi connectivity index (χ4n) is 2.90. The van der Waals surface area contributed by atoms with Crippen LogP contribution in [-0.4, -0.2) is 39.9 Å². The second-order valence-electron chi connectivity index (χ2n) is 6.98. The average molecular weight is 468 g/mol. The van der Waals surface area contributed by atoms with E-state index in [0.29, 0.717) is 35.1 Å². The van der Waals surface area contributed by atoms with Crippen LogP contribution in [0.3, 0.4) is 0 Å². The molecule has 0 radical (unpaired) electrons. The van der Waals surface area contributed by atoms with Crippen molar-refractivity contribution in [3.63, 3.8) is 0 Å². The van der Waals surface area contributed by atoms with Crippen LogP contribution >= 0.6 is 0 Å². The van der Waals surface area contributed by atoms with Crippen LogP contribution in [0.4, 0.5) is 5.69 Å². The van der Waals surface area contributed by atoms with Crippen LogP contribution < -0.4 is 19.2 Å². The molecular formula is C24H25N3O5S. The Balaban J connectivity index is 1.62. The molecule has 0 saturated heterocycles. The van der Waals surface area contributed by atoms with Crippen LogP contribution in [0.1, 0.15) is 12.5 Å². The van der Waals surface area contributed by atoms with Gasteiger partial charge in [0.15, 0.2) is 0 Å². The number of amides is 1. The van der Waals surface area contributed by atoms with Gasteiger partial charge in [0.1, 0.15) is 23.8 Å². The average Bonchev–Trinajstić information content (AvgIpc) is 2.79. The summed E-state index contributed by atoms with van der Waals surface area (Å²) in [5.74, 6) is 1.36. The van der Waals surface area contributed by atoms with Crippen molar-refractivity contribution in [2.24, 2.45) is 5.10 Å². The molecule has 0 heterocycles. The molecule has 0 aliphatic heterocycles. The van der Waals surface area contributed by atoms with Gasteiger partial charge in [0.2, 0.25) is 10.0 Å². The third-order valence-corrected chi connectivity index (χ3v) is 5.50. The fraction of sp³-hybridized carbons (Fsp3) is 0.167. The lowest BCUT2D eigenvalue weighted by Crippen LogP contribution is -2.39. The summed E-state index contributed by atoms with van der Waals surface area (Å²) in [6, 6.07) is 23.0. The number of anilines is 1. The van der Waals surface area contributed by atoms with Gasteiger partial charge in [-0.05, 0) is 61.0 Å². The summed E-state index contributed by atoms with van der Waals surface area (Å²) < 4.78 is 36.6. The Morgan fingerprint density at radius 2 is 1.67 bits per heavy atom. The summed E-state index contributed by atoms with van der Waals surface area (Å²) in [6.45, 7) is 1.94. The number of hydrogen-bond donors (Lipinski definition) is 1. The van der Waals surface area contributed by atoms with Crippen molar-refractivity contribution in [1.29, 1.82) is 0 Å². The number of rotatable bonds is 10. The molecule has 1 N–H and O–H groups in total. The summed E-state index contributed by atoms with van der Waals surface area (Å²) in [6.07, 6.45) is 2.50. The Labute approximate surface area is 193 Å². The second-order valence-corrected chi connectivity index (χ2v) is 8.88. The predicted octanol–water partition coefficient (Wildman–Crippen LogP) is 3.79. The van der Waals surface area contributed by atoms with E-state index < -0.39 is 22.5 Å². The third-order valence-electron chi connectivity index (χ3n) is 4.36. The van der Waals surface area contributed by atoms with Gasteiger partial charge < -0.3 is 9.47 Å². The van der Waals surface area contributed by atoms with Crippen molar-refractivity contribution in [3.8, 4) is 17.2 Å². The first-order chi connectivity index (χ1) is 15.8. The van der Waals surface area contributed by atoms with Gasteiger partial charge in [-0.1, -0.05) is 30.3 Å². The lowest BCUT2D eigenvalue weighted by Gasteiger charge is -2.21. The van der Waals surface area contributed by atoms with Gasteiger partial charge in [0.05, 0.1) is 24.8 Å². The molecule has 0 bridgehead atoms. The topological polar surface area (TPSA) is 97.3 Å². The smallest absolute Gasteiger partial charge is 0.260 e. The molecular weight excluding hydrogens is 442 g/mol. The van der Waals surface area contributed by atoms with Gasteiger partial charge >= 0.3 is 0 Å². The molecule has 172 valence electrons. The number of ether oxygens (including phenoxy) is 2. The first-order valence-electron chi connectivity index (χ1n) is 10.2. The zero-order valence-corrected chi connectivity index (χ0v) is 19.2. The largest absolute Gasteiger partial charge is 0.494 e. The SMILES string of the molecule is CCOc1ccc(N(CC(=O)N/N=C\c2cccc(Oc3ccccc3)c2)S(C)(=O)=O)cc1. The van der Waals surface area contributed by atoms with Crippen molar-refractivity contribution in [2.75, 3.05) is 23.7 Å². The van der Waals surface area contributed by atoms with E-state index in [1.54, 1.807) is 42.5 Å². The minimum atomic E-state index is -3.69. The number of hydrazone groups is 1. The third kappa shape index (κ3) is 7.36. The number of benzene rings is 3. The van der Waals surface area contributed by atoms with E-state index >= 15 is 0 Å². The van der Waals surface area contributed by atoms with E-state index in [1.807, 2.05) is 43.3 Å². The number of hydrogen-bond acceptors (Lipinski definition) is 6.